The monoisotopic (exact) mass is 871 g/mol. The molecule has 0 bridgehead atoms. The molecule has 3 atom stereocenters. The summed E-state index contributed by atoms with van der Waals surface area (Å²) in [6.07, 6.45) is 2.37. The third-order valence-corrected chi connectivity index (χ3v) is 15.3. The van der Waals surface area contributed by atoms with E-state index in [1.165, 1.54) is 16.5 Å². The first-order valence-corrected chi connectivity index (χ1v) is 22.9. The number of fused-ring (bicyclic) bond motifs is 4. The Kier molecular flexibility index (Phi) is 10.7. The van der Waals surface area contributed by atoms with Gasteiger partial charge in [-0.2, -0.15) is 0 Å². The smallest absolute Gasteiger partial charge is 0.162 e. The maximum Gasteiger partial charge on any atom is 0.162 e. The molecule has 2 saturated heterocycles. The average molecular weight is 872 g/mol. The van der Waals surface area contributed by atoms with Gasteiger partial charge >= 0.3 is 0 Å². The molecule has 1 aliphatic carbocycles. The van der Waals surface area contributed by atoms with Crippen molar-refractivity contribution in [3.8, 4) is 10.8 Å². The van der Waals surface area contributed by atoms with E-state index in [0.29, 0.717) is 50.9 Å². The molecule has 6 aromatic rings. The lowest BCUT2D eigenvalue weighted by atomic mass is 9.69. The molecule has 4 aromatic carbocycles. The number of piperidine rings is 1. The molecule has 0 spiro atoms. The van der Waals surface area contributed by atoms with E-state index in [9.17, 15) is 14.6 Å². The van der Waals surface area contributed by atoms with Crippen LogP contribution in [0.5, 0.6) is 5.75 Å². The summed E-state index contributed by atoms with van der Waals surface area (Å²) >= 11 is 1.76. The highest BCUT2D eigenvalue weighted by molar-refractivity contribution is 7.15. The highest BCUT2D eigenvalue weighted by Crippen LogP contribution is 2.49. The van der Waals surface area contributed by atoms with Gasteiger partial charge in [-0.1, -0.05) is 24.3 Å². The second-order valence-electron chi connectivity index (χ2n) is 18.0. The summed E-state index contributed by atoms with van der Waals surface area (Å²) in [7, 11) is 0. The molecule has 0 unspecified atom stereocenters. The van der Waals surface area contributed by atoms with Crippen LogP contribution in [-0.4, -0.2) is 87.0 Å². The summed E-state index contributed by atoms with van der Waals surface area (Å²) in [5.74, 6) is -0.613. The average Bonchev–Trinajstić information content (AvgIpc) is 3.77. The Bertz CT molecular complexity index is 2730. The van der Waals surface area contributed by atoms with Crippen molar-refractivity contribution >= 4 is 28.4 Å². The zero-order chi connectivity index (χ0) is 43.7. The number of hydrogen-bond acceptors (Lipinski definition) is 9. The molecule has 10 rings (SSSR count). The van der Waals surface area contributed by atoms with Crippen LogP contribution in [0.4, 0.5) is 24.5 Å². The third kappa shape index (κ3) is 7.61. The van der Waals surface area contributed by atoms with Crippen molar-refractivity contribution in [2.75, 3.05) is 55.6 Å². The number of benzene rings is 4. The summed E-state index contributed by atoms with van der Waals surface area (Å²) in [6.45, 7) is 13.3. The maximum absolute atomic E-state index is 16.4. The standard InChI is InChI=1S/C50H52F3N7O2S/c1-29-31(3)63-49-45(29)47(54-30(2)48-56-55-32(4)60(48)49)33-5-9-36(10-6-33)58-19-17-50(62,18-20-58)28-57-21-23-59(24-22-57)37-11-14-41(44(53)27-37)46-39-15-12-38(61)25-34(39)7-13-40(46)42-26-35(51)8-16-43(42)52/h5-6,8-12,14-16,25-27,30,40,46,61-62H,7,13,17-24,28H2,1-4H3/t30-,40+,46+/m0/s1. The summed E-state index contributed by atoms with van der Waals surface area (Å²) in [4.78, 5) is 13.3. The predicted molar refractivity (Wildman–Crippen MR) is 243 cm³/mol. The SMILES string of the molecule is Cc1sc2c(c1C)C(c1ccc(N3CCC(O)(CN4CCN(c5ccc([C@@H]6c7ccc(O)cc7CC[C@@H]6c6cc(F)ccc6F)c(F)c5)CC4)CC3)cc1)=N[C@@H](C)c1nnc(C)n1-2. The van der Waals surface area contributed by atoms with Crippen molar-refractivity contribution in [2.24, 2.45) is 4.99 Å². The van der Waals surface area contributed by atoms with Crippen molar-refractivity contribution in [3.05, 3.63) is 152 Å². The number of thiophene rings is 1. The van der Waals surface area contributed by atoms with E-state index in [4.69, 9.17) is 4.99 Å². The number of piperazine rings is 1. The topological polar surface area (TPSA) is 93.2 Å². The Morgan fingerprint density at radius 3 is 2.22 bits per heavy atom. The van der Waals surface area contributed by atoms with Gasteiger partial charge in [-0.3, -0.25) is 14.5 Å². The Balaban J connectivity index is 0.777. The number of aromatic hydroxyl groups is 1. The summed E-state index contributed by atoms with van der Waals surface area (Å²) in [5.41, 5.74) is 7.88. The number of aliphatic hydroxyl groups is 1. The number of aryl methyl sites for hydroxylation is 3. The van der Waals surface area contributed by atoms with E-state index >= 15 is 8.78 Å². The lowest BCUT2D eigenvalue weighted by Crippen LogP contribution is -2.55. The highest BCUT2D eigenvalue weighted by atomic mass is 32.1. The Morgan fingerprint density at radius 2 is 1.48 bits per heavy atom. The van der Waals surface area contributed by atoms with Crippen LogP contribution in [0.15, 0.2) is 83.9 Å². The Morgan fingerprint density at radius 1 is 0.762 bits per heavy atom. The van der Waals surface area contributed by atoms with E-state index in [-0.39, 0.29) is 17.4 Å². The number of phenolic OH excluding ortho intramolecular Hbond substituents is 1. The molecule has 0 radical (unpaired) electrons. The number of aliphatic imine (C=N–C) groups is 1. The zero-order valence-electron chi connectivity index (χ0n) is 36.1. The molecule has 63 heavy (non-hydrogen) atoms. The largest absolute Gasteiger partial charge is 0.508 e. The quantitative estimate of drug-likeness (QED) is 0.165. The number of halogens is 3. The number of hydrogen-bond donors (Lipinski definition) is 2. The molecule has 3 aliphatic heterocycles. The van der Waals surface area contributed by atoms with Gasteiger partial charge in [0, 0.05) is 79.1 Å². The number of aromatic nitrogens is 3. The van der Waals surface area contributed by atoms with Gasteiger partial charge in [0.25, 0.3) is 0 Å². The van der Waals surface area contributed by atoms with Crippen molar-refractivity contribution in [1.82, 2.24) is 19.7 Å². The lowest BCUT2D eigenvalue weighted by molar-refractivity contribution is -0.0173. The number of rotatable bonds is 7. The minimum Gasteiger partial charge on any atom is -0.508 e. The van der Waals surface area contributed by atoms with Crippen molar-refractivity contribution < 1.29 is 23.4 Å². The number of nitrogens with zero attached hydrogens (tertiary/aromatic N) is 7. The van der Waals surface area contributed by atoms with Crippen LogP contribution in [0.25, 0.3) is 5.00 Å². The van der Waals surface area contributed by atoms with Gasteiger partial charge in [0.05, 0.1) is 11.3 Å². The molecule has 2 aromatic heterocycles. The first-order chi connectivity index (χ1) is 30.3. The van der Waals surface area contributed by atoms with Crippen molar-refractivity contribution in [2.45, 2.75) is 76.9 Å². The first-order valence-electron chi connectivity index (χ1n) is 22.1. The summed E-state index contributed by atoms with van der Waals surface area (Å²) < 4.78 is 48.2. The molecule has 0 saturated carbocycles. The number of phenols is 1. The first kappa shape index (κ1) is 41.5. The van der Waals surface area contributed by atoms with Crippen LogP contribution in [0.3, 0.4) is 0 Å². The van der Waals surface area contributed by atoms with Gasteiger partial charge in [0.15, 0.2) is 5.82 Å². The molecule has 9 nitrogen and oxygen atoms in total. The van der Waals surface area contributed by atoms with Gasteiger partial charge < -0.3 is 20.0 Å². The van der Waals surface area contributed by atoms with E-state index in [0.717, 1.165) is 94.3 Å². The Labute approximate surface area is 370 Å². The van der Waals surface area contributed by atoms with E-state index in [1.54, 1.807) is 41.7 Å². The molecule has 13 heteroatoms. The normalized spacial score (nSPS) is 21.1. The molecule has 4 aliphatic rings. The lowest BCUT2D eigenvalue weighted by Gasteiger charge is -2.44. The van der Waals surface area contributed by atoms with Gasteiger partial charge in [0.1, 0.15) is 40.1 Å². The minimum absolute atomic E-state index is 0.125. The van der Waals surface area contributed by atoms with Crippen LogP contribution < -0.4 is 9.80 Å². The third-order valence-electron chi connectivity index (χ3n) is 14.1. The van der Waals surface area contributed by atoms with Gasteiger partial charge in [0.2, 0.25) is 0 Å². The molecule has 2 fully saturated rings. The molecule has 0 amide bonds. The Hall–Kier alpha value is -5.50. The second kappa shape index (κ2) is 16.2. The van der Waals surface area contributed by atoms with Crippen LogP contribution in [-0.2, 0) is 6.42 Å². The van der Waals surface area contributed by atoms with E-state index in [1.807, 2.05) is 13.0 Å². The number of β-amino-alcohol motifs (C(OH)–C–C–N with tert-alkyl or cyclic N) is 1. The second-order valence-corrected chi connectivity index (χ2v) is 19.2. The highest BCUT2D eigenvalue weighted by Gasteiger charge is 2.38. The molecule has 5 heterocycles. The molecule has 2 N–H and O–H groups in total. The van der Waals surface area contributed by atoms with Crippen LogP contribution in [0.1, 0.15) is 99.5 Å². The number of anilines is 2. The maximum atomic E-state index is 16.4. The van der Waals surface area contributed by atoms with Crippen molar-refractivity contribution in [1.29, 1.82) is 0 Å². The fourth-order valence-electron chi connectivity index (χ4n) is 10.5. The van der Waals surface area contributed by atoms with Gasteiger partial charge in [-0.15, -0.1) is 21.5 Å². The fourth-order valence-corrected chi connectivity index (χ4v) is 11.7. The van der Waals surface area contributed by atoms with Gasteiger partial charge in [-0.05, 0) is 142 Å². The van der Waals surface area contributed by atoms with Gasteiger partial charge in [-0.25, -0.2) is 13.2 Å². The van der Waals surface area contributed by atoms with Crippen LogP contribution >= 0.6 is 11.3 Å². The summed E-state index contributed by atoms with van der Waals surface area (Å²) in [5, 5.41) is 32.0. The zero-order valence-corrected chi connectivity index (χ0v) is 36.9. The molecular formula is C50H52F3N7O2S. The molecule has 326 valence electrons. The van der Waals surface area contributed by atoms with E-state index in [2.05, 4.69) is 74.5 Å². The molecular weight excluding hydrogens is 820 g/mol. The van der Waals surface area contributed by atoms with Crippen LogP contribution in [0, 0.1) is 38.2 Å². The van der Waals surface area contributed by atoms with E-state index < -0.39 is 34.9 Å². The predicted octanol–water partition coefficient (Wildman–Crippen LogP) is 9.30. The van der Waals surface area contributed by atoms with Crippen LogP contribution in [0.2, 0.25) is 0 Å². The van der Waals surface area contributed by atoms with Crippen molar-refractivity contribution in [3.63, 3.8) is 0 Å². The fraction of sp³-hybridized carbons (Fsp3) is 0.380. The minimum atomic E-state index is -0.801. The summed E-state index contributed by atoms with van der Waals surface area (Å²) in [6, 6.07) is 22.4.